The first kappa shape index (κ1) is 16.1. The zero-order valence-electron chi connectivity index (χ0n) is 12.5. The number of methoxy groups -OCH3 is 1. The van der Waals surface area contributed by atoms with E-state index in [0.717, 1.165) is 19.3 Å². The van der Waals surface area contributed by atoms with Crippen molar-refractivity contribution in [2.45, 2.75) is 43.4 Å². The van der Waals surface area contributed by atoms with Gasteiger partial charge >= 0.3 is 0 Å². The number of benzene rings is 1. The first-order valence-electron chi connectivity index (χ1n) is 7.27. The van der Waals surface area contributed by atoms with E-state index in [0.29, 0.717) is 10.8 Å². The summed E-state index contributed by atoms with van der Waals surface area (Å²) in [5.41, 5.74) is 0.669. The highest BCUT2D eigenvalue weighted by molar-refractivity contribution is 7.99. The second kappa shape index (κ2) is 7.69. The molecule has 21 heavy (non-hydrogen) atoms. The van der Waals surface area contributed by atoms with E-state index in [-0.39, 0.29) is 24.1 Å². The molecule has 2 rings (SSSR count). The van der Waals surface area contributed by atoms with Gasteiger partial charge in [-0.15, -0.1) is 0 Å². The third-order valence-electron chi connectivity index (χ3n) is 3.91. The Bertz CT molecular complexity index is 495. The summed E-state index contributed by atoms with van der Waals surface area (Å²) < 4.78 is 18.5. The summed E-state index contributed by atoms with van der Waals surface area (Å²) in [6.07, 6.45) is 6.80. The molecule has 5 heteroatoms. The smallest absolute Gasteiger partial charge is 0.224 e. The highest BCUT2D eigenvalue weighted by Gasteiger charge is 2.22. The molecule has 1 aliphatic rings. The minimum absolute atomic E-state index is 0.0358. The lowest BCUT2D eigenvalue weighted by atomic mass is 9.94. The number of thioether (sulfide) groups is 1. The van der Waals surface area contributed by atoms with Crippen molar-refractivity contribution >= 4 is 17.7 Å². The SMILES string of the molecule is COc1ccc(CC(=O)N[C@H]2CCC[C@H](SC)C2)cc1F. The fourth-order valence-electron chi connectivity index (χ4n) is 2.77. The van der Waals surface area contributed by atoms with Crippen LogP contribution in [0, 0.1) is 5.82 Å². The first-order valence-corrected chi connectivity index (χ1v) is 8.55. The maximum atomic E-state index is 13.6. The van der Waals surface area contributed by atoms with Crippen LogP contribution in [0.3, 0.4) is 0 Å². The van der Waals surface area contributed by atoms with Crippen LogP contribution >= 0.6 is 11.8 Å². The van der Waals surface area contributed by atoms with E-state index in [4.69, 9.17) is 4.74 Å². The van der Waals surface area contributed by atoms with Gasteiger partial charge in [-0.05, 0) is 43.2 Å². The average Bonchev–Trinajstić information content (AvgIpc) is 2.47. The molecule has 0 bridgehead atoms. The Morgan fingerprint density at radius 1 is 1.48 bits per heavy atom. The van der Waals surface area contributed by atoms with Crippen LogP contribution in [-0.4, -0.2) is 30.6 Å². The molecular weight excluding hydrogens is 289 g/mol. The molecule has 1 N–H and O–H groups in total. The number of hydrogen-bond donors (Lipinski definition) is 1. The van der Waals surface area contributed by atoms with Gasteiger partial charge in [-0.25, -0.2) is 4.39 Å². The summed E-state index contributed by atoms with van der Waals surface area (Å²) >= 11 is 1.87. The monoisotopic (exact) mass is 311 g/mol. The van der Waals surface area contributed by atoms with E-state index in [1.54, 1.807) is 12.1 Å². The Morgan fingerprint density at radius 3 is 2.95 bits per heavy atom. The molecule has 0 aromatic heterocycles. The summed E-state index contributed by atoms with van der Waals surface area (Å²) in [7, 11) is 1.43. The lowest BCUT2D eigenvalue weighted by Crippen LogP contribution is -2.39. The van der Waals surface area contributed by atoms with Gasteiger partial charge in [0.15, 0.2) is 11.6 Å². The summed E-state index contributed by atoms with van der Waals surface area (Å²) in [4.78, 5) is 12.1. The molecule has 1 fully saturated rings. The molecule has 1 amide bonds. The lowest BCUT2D eigenvalue weighted by molar-refractivity contribution is -0.121. The van der Waals surface area contributed by atoms with Gasteiger partial charge in [0.05, 0.1) is 13.5 Å². The van der Waals surface area contributed by atoms with E-state index in [1.165, 1.54) is 19.6 Å². The van der Waals surface area contributed by atoms with E-state index in [2.05, 4.69) is 11.6 Å². The maximum absolute atomic E-state index is 13.6. The fourth-order valence-corrected chi connectivity index (χ4v) is 3.60. The van der Waals surface area contributed by atoms with Crippen LogP contribution < -0.4 is 10.1 Å². The zero-order chi connectivity index (χ0) is 15.2. The summed E-state index contributed by atoms with van der Waals surface area (Å²) in [5, 5.41) is 3.71. The first-order chi connectivity index (χ1) is 10.1. The number of nitrogens with one attached hydrogen (secondary N) is 1. The van der Waals surface area contributed by atoms with Crippen LogP contribution in [0.4, 0.5) is 4.39 Å². The summed E-state index contributed by atoms with van der Waals surface area (Å²) in [6.45, 7) is 0. The van der Waals surface area contributed by atoms with Crippen molar-refractivity contribution in [1.29, 1.82) is 0 Å². The van der Waals surface area contributed by atoms with Crippen LogP contribution in [0.5, 0.6) is 5.75 Å². The van der Waals surface area contributed by atoms with Crippen molar-refractivity contribution in [2.75, 3.05) is 13.4 Å². The second-order valence-electron chi connectivity index (χ2n) is 5.43. The van der Waals surface area contributed by atoms with Crippen LogP contribution in [0.15, 0.2) is 18.2 Å². The van der Waals surface area contributed by atoms with E-state index >= 15 is 0 Å². The van der Waals surface area contributed by atoms with Gasteiger partial charge in [0.1, 0.15) is 0 Å². The molecule has 0 unspecified atom stereocenters. The molecule has 2 atom stereocenters. The Labute approximate surface area is 129 Å². The van der Waals surface area contributed by atoms with Crippen LogP contribution in [0.1, 0.15) is 31.2 Å². The number of carbonyl (C=O) groups is 1. The Kier molecular flexibility index (Phi) is 5.91. The quantitative estimate of drug-likeness (QED) is 0.908. The number of ether oxygens (including phenoxy) is 1. The molecule has 0 radical (unpaired) electrons. The molecule has 0 aliphatic heterocycles. The van der Waals surface area contributed by atoms with Crippen molar-refractivity contribution in [1.82, 2.24) is 5.32 Å². The van der Waals surface area contributed by atoms with E-state index in [9.17, 15) is 9.18 Å². The minimum atomic E-state index is -0.428. The molecule has 0 heterocycles. The highest BCUT2D eigenvalue weighted by atomic mass is 32.2. The third kappa shape index (κ3) is 4.63. The zero-order valence-corrected chi connectivity index (χ0v) is 13.3. The predicted octanol–water partition coefficient (Wildman–Crippen LogP) is 3.17. The number of carbonyl (C=O) groups excluding carboxylic acids is 1. The van der Waals surface area contributed by atoms with E-state index < -0.39 is 5.82 Å². The average molecular weight is 311 g/mol. The number of hydrogen-bond acceptors (Lipinski definition) is 3. The fraction of sp³-hybridized carbons (Fsp3) is 0.562. The third-order valence-corrected chi connectivity index (χ3v) is 5.00. The highest BCUT2D eigenvalue weighted by Crippen LogP contribution is 2.27. The molecule has 1 aromatic carbocycles. The topological polar surface area (TPSA) is 38.3 Å². The molecule has 1 aliphatic carbocycles. The summed E-state index contributed by atoms with van der Waals surface area (Å²) in [6, 6.07) is 4.91. The predicted molar refractivity (Wildman–Crippen MR) is 84.4 cm³/mol. The molecule has 1 saturated carbocycles. The van der Waals surface area contributed by atoms with E-state index in [1.807, 2.05) is 11.8 Å². The molecular formula is C16H22FNO2S. The molecule has 0 spiro atoms. The number of halogens is 1. The molecule has 0 saturated heterocycles. The normalized spacial score (nSPS) is 21.9. The molecule has 1 aromatic rings. The van der Waals surface area contributed by atoms with Crippen molar-refractivity contribution in [2.24, 2.45) is 0 Å². The molecule has 116 valence electrons. The van der Waals surface area contributed by atoms with Gasteiger partial charge in [-0.1, -0.05) is 12.5 Å². The van der Waals surface area contributed by atoms with Gasteiger partial charge in [0.25, 0.3) is 0 Å². The van der Waals surface area contributed by atoms with Crippen LogP contribution in [-0.2, 0) is 11.2 Å². The van der Waals surface area contributed by atoms with Gasteiger partial charge < -0.3 is 10.1 Å². The van der Waals surface area contributed by atoms with Gasteiger partial charge in [-0.3, -0.25) is 4.79 Å². The Morgan fingerprint density at radius 2 is 2.29 bits per heavy atom. The van der Waals surface area contributed by atoms with Crippen molar-refractivity contribution in [3.05, 3.63) is 29.6 Å². The van der Waals surface area contributed by atoms with Gasteiger partial charge in [-0.2, -0.15) is 11.8 Å². The number of amides is 1. The van der Waals surface area contributed by atoms with Crippen molar-refractivity contribution < 1.29 is 13.9 Å². The van der Waals surface area contributed by atoms with Crippen molar-refractivity contribution in [3.63, 3.8) is 0 Å². The van der Waals surface area contributed by atoms with Gasteiger partial charge in [0.2, 0.25) is 5.91 Å². The van der Waals surface area contributed by atoms with Gasteiger partial charge in [0, 0.05) is 11.3 Å². The Balaban J connectivity index is 1.88. The van der Waals surface area contributed by atoms with Crippen LogP contribution in [0.25, 0.3) is 0 Å². The van der Waals surface area contributed by atoms with Crippen LogP contribution in [0.2, 0.25) is 0 Å². The largest absolute Gasteiger partial charge is 0.494 e. The summed E-state index contributed by atoms with van der Waals surface area (Å²) in [5.74, 6) is -0.261. The Hall–Kier alpha value is -1.23. The number of rotatable bonds is 5. The lowest BCUT2D eigenvalue weighted by Gasteiger charge is -2.28. The maximum Gasteiger partial charge on any atom is 0.224 e. The molecule has 3 nitrogen and oxygen atoms in total. The minimum Gasteiger partial charge on any atom is -0.494 e. The standard InChI is InChI=1S/C16H22FNO2S/c1-20-15-7-6-11(8-14(15)17)9-16(19)18-12-4-3-5-13(10-12)21-2/h6-8,12-13H,3-5,9-10H2,1-2H3,(H,18,19)/t12-,13-/m0/s1. The van der Waals surface area contributed by atoms with Crippen molar-refractivity contribution in [3.8, 4) is 5.75 Å². The second-order valence-corrected chi connectivity index (χ2v) is 6.57.